The lowest BCUT2D eigenvalue weighted by atomic mass is 10.1. The number of anilines is 1. The first-order valence-electron chi connectivity index (χ1n) is 9.08. The molecule has 3 aromatic rings. The zero-order valence-electron chi connectivity index (χ0n) is 14.8. The van der Waals surface area contributed by atoms with Crippen LogP contribution in [-0.2, 0) is 6.54 Å². The fourth-order valence-electron chi connectivity index (χ4n) is 3.43. The molecule has 26 heavy (non-hydrogen) atoms. The van der Waals surface area contributed by atoms with Gasteiger partial charge < -0.3 is 14.4 Å². The Kier molecular flexibility index (Phi) is 4.73. The molecule has 0 bridgehead atoms. The number of hydrogen-bond donors (Lipinski definition) is 0. The molecular formula is C22H23N3O. The minimum Gasteiger partial charge on any atom is -0.368 e. The summed E-state index contributed by atoms with van der Waals surface area (Å²) in [5, 5.41) is 0. The van der Waals surface area contributed by atoms with Crippen molar-refractivity contribution < 1.29 is 4.79 Å². The van der Waals surface area contributed by atoms with Gasteiger partial charge in [-0.2, -0.15) is 0 Å². The van der Waals surface area contributed by atoms with Crippen molar-refractivity contribution >= 4 is 11.6 Å². The number of para-hydroxylation sites is 1. The van der Waals surface area contributed by atoms with Gasteiger partial charge in [-0.15, -0.1) is 0 Å². The van der Waals surface area contributed by atoms with Gasteiger partial charge >= 0.3 is 0 Å². The fraction of sp³-hybridized carbons (Fsp3) is 0.227. The zero-order valence-corrected chi connectivity index (χ0v) is 14.8. The minimum atomic E-state index is 0.130. The molecular weight excluding hydrogens is 322 g/mol. The molecule has 1 saturated heterocycles. The monoisotopic (exact) mass is 345 g/mol. The minimum absolute atomic E-state index is 0.130. The molecule has 0 saturated carbocycles. The van der Waals surface area contributed by atoms with E-state index in [1.165, 1.54) is 11.3 Å². The number of amides is 1. The maximum absolute atomic E-state index is 12.8. The van der Waals surface area contributed by atoms with Crippen LogP contribution >= 0.6 is 0 Å². The normalized spacial score (nSPS) is 14.5. The topological polar surface area (TPSA) is 28.5 Å². The van der Waals surface area contributed by atoms with Crippen molar-refractivity contribution in [2.75, 3.05) is 31.1 Å². The number of piperazine rings is 1. The molecule has 0 spiro atoms. The highest BCUT2D eigenvalue weighted by atomic mass is 16.2. The Morgan fingerprint density at radius 1 is 0.769 bits per heavy atom. The van der Waals surface area contributed by atoms with Crippen LogP contribution in [0.2, 0.25) is 0 Å². The molecule has 1 fully saturated rings. The first-order valence-corrected chi connectivity index (χ1v) is 9.08. The molecule has 4 rings (SSSR count). The molecule has 0 atom stereocenters. The second-order valence-electron chi connectivity index (χ2n) is 6.67. The van der Waals surface area contributed by atoms with Gasteiger partial charge in [0.05, 0.1) is 0 Å². The summed E-state index contributed by atoms with van der Waals surface area (Å²) in [5.41, 5.74) is 3.20. The fourth-order valence-corrected chi connectivity index (χ4v) is 3.43. The molecule has 2 heterocycles. The van der Waals surface area contributed by atoms with E-state index in [1.54, 1.807) is 0 Å². The quantitative estimate of drug-likeness (QED) is 0.724. The molecule has 1 amide bonds. The Hall–Kier alpha value is -3.01. The average molecular weight is 345 g/mol. The Balaban J connectivity index is 1.36. The lowest BCUT2D eigenvalue weighted by molar-refractivity contribution is 0.0747. The van der Waals surface area contributed by atoms with E-state index in [2.05, 4.69) is 33.7 Å². The lowest BCUT2D eigenvalue weighted by Gasteiger charge is -2.36. The van der Waals surface area contributed by atoms with Crippen LogP contribution in [0.1, 0.15) is 15.9 Å². The molecule has 4 nitrogen and oxygen atoms in total. The molecule has 2 aromatic carbocycles. The highest BCUT2D eigenvalue weighted by molar-refractivity contribution is 5.94. The van der Waals surface area contributed by atoms with Gasteiger partial charge in [0.15, 0.2) is 0 Å². The van der Waals surface area contributed by atoms with Crippen molar-refractivity contribution in [3.8, 4) is 0 Å². The standard InChI is InChI=1S/C22H23N3O/c26-22(20-10-8-19(9-11-20)18-23-12-4-5-13-23)25-16-14-24(15-17-25)21-6-2-1-3-7-21/h1-13H,14-18H2. The predicted octanol–water partition coefficient (Wildman–Crippen LogP) is 3.50. The third kappa shape index (κ3) is 3.64. The summed E-state index contributed by atoms with van der Waals surface area (Å²) in [6.45, 7) is 4.11. The number of nitrogens with zero attached hydrogens (tertiary/aromatic N) is 3. The summed E-state index contributed by atoms with van der Waals surface area (Å²) in [6, 6.07) is 22.4. The molecule has 132 valence electrons. The van der Waals surface area contributed by atoms with Gasteiger partial charge in [-0.25, -0.2) is 0 Å². The molecule has 0 N–H and O–H groups in total. The van der Waals surface area contributed by atoms with E-state index in [-0.39, 0.29) is 5.91 Å². The van der Waals surface area contributed by atoms with Gasteiger partial charge in [0.25, 0.3) is 5.91 Å². The Morgan fingerprint density at radius 2 is 1.42 bits per heavy atom. The summed E-state index contributed by atoms with van der Waals surface area (Å²) < 4.78 is 2.12. The number of aromatic nitrogens is 1. The third-order valence-corrected chi connectivity index (χ3v) is 4.92. The van der Waals surface area contributed by atoms with Crippen LogP contribution in [0.25, 0.3) is 0 Å². The Bertz CT molecular complexity index is 833. The van der Waals surface area contributed by atoms with Crippen molar-refractivity contribution in [1.29, 1.82) is 0 Å². The highest BCUT2D eigenvalue weighted by Crippen LogP contribution is 2.17. The van der Waals surface area contributed by atoms with Crippen molar-refractivity contribution in [3.63, 3.8) is 0 Å². The number of rotatable bonds is 4. The van der Waals surface area contributed by atoms with Gasteiger partial charge in [-0.05, 0) is 42.0 Å². The zero-order chi connectivity index (χ0) is 17.8. The van der Waals surface area contributed by atoms with E-state index in [0.717, 1.165) is 38.3 Å². The number of carbonyl (C=O) groups excluding carboxylic acids is 1. The largest absolute Gasteiger partial charge is 0.368 e. The van der Waals surface area contributed by atoms with Crippen LogP contribution in [0.5, 0.6) is 0 Å². The van der Waals surface area contributed by atoms with Crippen molar-refractivity contribution in [2.45, 2.75) is 6.54 Å². The van der Waals surface area contributed by atoms with Gasteiger partial charge in [-0.1, -0.05) is 30.3 Å². The molecule has 0 aliphatic carbocycles. The molecule has 1 aliphatic heterocycles. The number of hydrogen-bond acceptors (Lipinski definition) is 2. The van der Waals surface area contributed by atoms with Gasteiger partial charge in [0, 0.05) is 56.4 Å². The SMILES string of the molecule is O=C(c1ccc(Cn2cccc2)cc1)N1CCN(c2ccccc2)CC1. The molecule has 0 radical (unpaired) electrons. The van der Waals surface area contributed by atoms with Gasteiger partial charge in [0.2, 0.25) is 0 Å². The van der Waals surface area contributed by atoms with E-state index in [4.69, 9.17) is 0 Å². The maximum atomic E-state index is 12.8. The second-order valence-corrected chi connectivity index (χ2v) is 6.67. The van der Waals surface area contributed by atoms with Crippen LogP contribution in [0.4, 0.5) is 5.69 Å². The molecule has 0 unspecified atom stereocenters. The first kappa shape index (κ1) is 16.5. The van der Waals surface area contributed by atoms with E-state index in [9.17, 15) is 4.79 Å². The predicted molar refractivity (Wildman–Crippen MR) is 105 cm³/mol. The molecule has 1 aromatic heterocycles. The van der Waals surface area contributed by atoms with Crippen LogP contribution in [0, 0.1) is 0 Å². The van der Waals surface area contributed by atoms with E-state index in [0.29, 0.717) is 0 Å². The summed E-state index contributed by atoms with van der Waals surface area (Å²) in [7, 11) is 0. The van der Waals surface area contributed by atoms with Crippen LogP contribution in [0.15, 0.2) is 79.1 Å². The number of carbonyl (C=O) groups is 1. The Morgan fingerprint density at radius 3 is 2.08 bits per heavy atom. The van der Waals surface area contributed by atoms with E-state index < -0.39 is 0 Å². The van der Waals surface area contributed by atoms with E-state index in [1.807, 2.05) is 59.8 Å². The Labute approximate surface area is 154 Å². The average Bonchev–Trinajstić information content (AvgIpc) is 3.22. The smallest absolute Gasteiger partial charge is 0.253 e. The summed E-state index contributed by atoms with van der Waals surface area (Å²) in [5.74, 6) is 0.130. The summed E-state index contributed by atoms with van der Waals surface area (Å²) >= 11 is 0. The number of benzene rings is 2. The lowest BCUT2D eigenvalue weighted by Crippen LogP contribution is -2.48. The summed E-state index contributed by atoms with van der Waals surface area (Å²) in [6.07, 6.45) is 4.09. The maximum Gasteiger partial charge on any atom is 0.253 e. The van der Waals surface area contributed by atoms with Crippen LogP contribution in [-0.4, -0.2) is 41.6 Å². The molecule has 4 heteroatoms. The van der Waals surface area contributed by atoms with Crippen molar-refractivity contribution in [2.24, 2.45) is 0 Å². The highest BCUT2D eigenvalue weighted by Gasteiger charge is 2.22. The summed E-state index contributed by atoms with van der Waals surface area (Å²) in [4.78, 5) is 17.1. The van der Waals surface area contributed by atoms with Gasteiger partial charge in [0.1, 0.15) is 0 Å². The van der Waals surface area contributed by atoms with Crippen molar-refractivity contribution in [1.82, 2.24) is 9.47 Å². The van der Waals surface area contributed by atoms with Crippen LogP contribution < -0.4 is 4.90 Å². The first-order chi connectivity index (χ1) is 12.8. The third-order valence-electron chi connectivity index (χ3n) is 4.92. The van der Waals surface area contributed by atoms with Crippen molar-refractivity contribution in [3.05, 3.63) is 90.3 Å². The van der Waals surface area contributed by atoms with E-state index >= 15 is 0 Å². The van der Waals surface area contributed by atoms with Gasteiger partial charge in [-0.3, -0.25) is 4.79 Å². The molecule has 1 aliphatic rings. The second kappa shape index (κ2) is 7.48. The van der Waals surface area contributed by atoms with Crippen LogP contribution in [0.3, 0.4) is 0 Å².